The molecule has 2 aliphatic rings. The molecule has 164 valence electrons. The van der Waals surface area contributed by atoms with Crippen LogP contribution in [0.2, 0.25) is 5.15 Å². The van der Waals surface area contributed by atoms with Crippen LogP contribution in [0.25, 0.3) is 11.2 Å². The molecule has 1 fully saturated rings. The van der Waals surface area contributed by atoms with Gasteiger partial charge in [-0.3, -0.25) is 9.59 Å². The maximum atomic E-state index is 12.3. The lowest BCUT2D eigenvalue weighted by Gasteiger charge is -2.24. The lowest BCUT2D eigenvalue weighted by atomic mass is 9.99. The molecular weight excluding hydrogens is 410 g/mol. The lowest BCUT2D eigenvalue weighted by Crippen LogP contribution is -2.27. The number of nitrogens with zero attached hydrogens (tertiary/aromatic N) is 3. The number of carbonyl (C=O) groups is 2. The first-order valence-corrected chi connectivity index (χ1v) is 10.4. The van der Waals surface area contributed by atoms with Crippen molar-refractivity contribution in [1.82, 2.24) is 19.9 Å². The van der Waals surface area contributed by atoms with Crippen LogP contribution in [0.15, 0.2) is 6.33 Å². The van der Waals surface area contributed by atoms with E-state index in [0.29, 0.717) is 28.8 Å². The fraction of sp³-hybridized carbons (Fsp3) is 0.600. The molecule has 0 radical (unpaired) electrons. The number of halogens is 1. The topological polar surface area (TPSA) is 129 Å². The number of anilines is 1. The van der Waals surface area contributed by atoms with E-state index in [0.717, 1.165) is 19.3 Å². The number of fused-ring (bicyclic) bond motifs is 3. The molecule has 1 amide bonds. The van der Waals surface area contributed by atoms with Crippen molar-refractivity contribution in [2.45, 2.75) is 64.3 Å². The predicted molar refractivity (Wildman–Crippen MR) is 114 cm³/mol. The van der Waals surface area contributed by atoms with E-state index in [1.54, 1.807) is 13.4 Å². The van der Waals surface area contributed by atoms with Gasteiger partial charge in [-0.1, -0.05) is 11.6 Å². The number of amides is 1. The number of imidazole rings is 1. The molecule has 10 heteroatoms. The highest BCUT2D eigenvalue weighted by Crippen LogP contribution is 2.40. The minimum atomic E-state index is -1.50. The Morgan fingerprint density at radius 1 is 1.37 bits per heavy atom. The van der Waals surface area contributed by atoms with Gasteiger partial charge in [0.15, 0.2) is 17.2 Å². The number of hydrogen-bond acceptors (Lipinski definition) is 7. The summed E-state index contributed by atoms with van der Waals surface area (Å²) in [4.78, 5) is 33.2. The summed E-state index contributed by atoms with van der Waals surface area (Å²) in [6.07, 6.45) is 4.64. The summed E-state index contributed by atoms with van der Waals surface area (Å²) in [5.41, 5.74) is 2.45. The van der Waals surface area contributed by atoms with E-state index in [2.05, 4.69) is 20.6 Å². The Hall–Kier alpha value is -2.23. The van der Waals surface area contributed by atoms with E-state index >= 15 is 0 Å². The Kier molecular flexibility index (Phi) is 6.35. The molecule has 0 spiro atoms. The van der Waals surface area contributed by atoms with Crippen molar-refractivity contribution in [3.05, 3.63) is 17.0 Å². The van der Waals surface area contributed by atoms with Gasteiger partial charge in [0.05, 0.1) is 17.6 Å². The van der Waals surface area contributed by atoms with Crippen molar-refractivity contribution >= 4 is 40.1 Å². The first kappa shape index (κ1) is 22.5. The van der Waals surface area contributed by atoms with Gasteiger partial charge in [-0.25, -0.2) is 9.97 Å². The second kappa shape index (κ2) is 8.49. The second-order valence-corrected chi connectivity index (χ2v) is 8.78. The molecule has 4 N–H and O–H groups in total. The fourth-order valence-electron chi connectivity index (χ4n) is 4.00. The van der Waals surface area contributed by atoms with Crippen LogP contribution in [-0.4, -0.2) is 55.3 Å². The number of nitrogens with one attached hydrogen (secondary N) is 2. The maximum absolute atomic E-state index is 12.3. The van der Waals surface area contributed by atoms with Crippen molar-refractivity contribution in [3.8, 4) is 0 Å². The number of rotatable bonds is 2. The Balaban J connectivity index is 0.000000461. The number of hydrogen-bond donors (Lipinski definition) is 4. The lowest BCUT2D eigenvalue weighted by molar-refractivity contribution is -0.127. The number of Topliss-reactive ketones (excluding diaryl/α,β-unsaturated/α-hetero) is 1. The standard InChI is InChI=1S/C17H20ClN5O2.C3H8O2/c1-8-5-11(24)12-13(21-8)14-16(22-15(12)18)23(7-20-14)10-4-3-9(6-10)17(25)19-2;1-3(2,4)5/h7-10,21H,3-6H2,1-2H3,(H,19,25);4-5H,1-2H3. The summed E-state index contributed by atoms with van der Waals surface area (Å²) < 4.78 is 2.00. The number of carbonyl (C=O) groups excluding carboxylic acids is 2. The monoisotopic (exact) mass is 437 g/mol. The van der Waals surface area contributed by atoms with Gasteiger partial charge in [0.25, 0.3) is 0 Å². The van der Waals surface area contributed by atoms with Crippen molar-refractivity contribution in [3.63, 3.8) is 0 Å². The maximum Gasteiger partial charge on any atom is 0.222 e. The predicted octanol–water partition coefficient (Wildman–Crippen LogP) is 2.27. The number of pyridine rings is 1. The first-order chi connectivity index (χ1) is 14.0. The van der Waals surface area contributed by atoms with Gasteiger partial charge >= 0.3 is 0 Å². The molecule has 0 aromatic carbocycles. The second-order valence-electron chi connectivity index (χ2n) is 8.42. The first-order valence-electron chi connectivity index (χ1n) is 10.0. The summed E-state index contributed by atoms with van der Waals surface area (Å²) in [5.74, 6) is -1.41. The summed E-state index contributed by atoms with van der Waals surface area (Å²) in [6, 6.07) is 0.196. The van der Waals surface area contributed by atoms with Crippen LogP contribution in [-0.2, 0) is 4.79 Å². The molecule has 30 heavy (non-hydrogen) atoms. The van der Waals surface area contributed by atoms with Crippen LogP contribution in [0.1, 0.15) is 62.9 Å². The highest BCUT2D eigenvalue weighted by atomic mass is 35.5. The highest BCUT2D eigenvalue weighted by Gasteiger charge is 2.33. The van der Waals surface area contributed by atoms with Gasteiger partial charge in [0, 0.05) is 31.5 Å². The van der Waals surface area contributed by atoms with Gasteiger partial charge in [0.2, 0.25) is 5.91 Å². The summed E-state index contributed by atoms with van der Waals surface area (Å²) in [5, 5.41) is 22.4. The Morgan fingerprint density at radius 3 is 2.67 bits per heavy atom. The van der Waals surface area contributed by atoms with Gasteiger partial charge in [0.1, 0.15) is 10.7 Å². The minimum absolute atomic E-state index is 0.00394. The van der Waals surface area contributed by atoms with Crippen molar-refractivity contribution in [2.24, 2.45) is 5.92 Å². The highest BCUT2D eigenvalue weighted by molar-refractivity contribution is 6.34. The molecule has 2 aromatic heterocycles. The Morgan fingerprint density at radius 2 is 2.03 bits per heavy atom. The Bertz CT molecular complexity index is 962. The fourth-order valence-corrected chi connectivity index (χ4v) is 4.28. The minimum Gasteiger partial charge on any atom is -0.380 e. The molecule has 1 aliphatic heterocycles. The molecule has 2 aromatic rings. The van der Waals surface area contributed by atoms with Crippen LogP contribution >= 0.6 is 11.6 Å². The molecule has 0 bridgehead atoms. The van der Waals surface area contributed by atoms with E-state index in [1.807, 2.05) is 11.5 Å². The van der Waals surface area contributed by atoms with E-state index in [-0.39, 0.29) is 34.8 Å². The molecular formula is C20H28ClN5O4. The molecule has 4 rings (SSSR count). The zero-order valence-corrected chi connectivity index (χ0v) is 18.3. The smallest absolute Gasteiger partial charge is 0.222 e. The summed E-state index contributed by atoms with van der Waals surface area (Å²) in [7, 11) is 1.67. The van der Waals surface area contributed by atoms with Crippen LogP contribution in [0.3, 0.4) is 0 Å². The van der Waals surface area contributed by atoms with Crippen LogP contribution in [0.4, 0.5) is 5.69 Å². The van der Waals surface area contributed by atoms with Gasteiger partial charge in [-0.2, -0.15) is 0 Å². The van der Waals surface area contributed by atoms with Crippen LogP contribution in [0, 0.1) is 5.92 Å². The normalized spacial score (nSPS) is 23.4. The van der Waals surface area contributed by atoms with Gasteiger partial charge in [-0.15, -0.1) is 0 Å². The van der Waals surface area contributed by atoms with E-state index in [4.69, 9.17) is 21.8 Å². The van der Waals surface area contributed by atoms with E-state index < -0.39 is 5.79 Å². The third-order valence-corrected chi connectivity index (χ3v) is 5.51. The van der Waals surface area contributed by atoms with Gasteiger partial charge in [-0.05, 0) is 40.0 Å². The van der Waals surface area contributed by atoms with Crippen LogP contribution in [0.5, 0.6) is 0 Å². The number of aliphatic hydroxyl groups is 2. The van der Waals surface area contributed by atoms with Crippen molar-refractivity contribution in [1.29, 1.82) is 0 Å². The molecule has 3 heterocycles. The molecule has 3 unspecified atom stereocenters. The average molecular weight is 438 g/mol. The molecule has 0 saturated heterocycles. The Labute approximate surface area is 179 Å². The third-order valence-electron chi connectivity index (χ3n) is 5.24. The van der Waals surface area contributed by atoms with Crippen molar-refractivity contribution in [2.75, 3.05) is 12.4 Å². The van der Waals surface area contributed by atoms with Crippen LogP contribution < -0.4 is 10.6 Å². The average Bonchev–Trinajstić information content (AvgIpc) is 3.25. The molecule has 9 nitrogen and oxygen atoms in total. The number of ketones is 1. The molecule has 1 aliphatic carbocycles. The van der Waals surface area contributed by atoms with Gasteiger partial charge < -0.3 is 25.4 Å². The third kappa shape index (κ3) is 4.74. The molecule has 1 saturated carbocycles. The SMILES string of the molecule is CC(C)(O)O.CNC(=O)C1CCC(n2cnc3c4c(c(Cl)nc32)C(=O)CC(C)N4)C1. The summed E-state index contributed by atoms with van der Waals surface area (Å²) in [6.45, 7) is 4.56. The quantitative estimate of drug-likeness (QED) is 0.419. The summed E-state index contributed by atoms with van der Waals surface area (Å²) >= 11 is 6.32. The molecule has 3 atom stereocenters. The zero-order chi connectivity index (χ0) is 22.2. The number of aromatic nitrogens is 3. The van der Waals surface area contributed by atoms with E-state index in [1.165, 1.54) is 13.8 Å². The largest absolute Gasteiger partial charge is 0.380 e. The zero-order valence-electron chi connectivity index (χ0n) is 17.6. The van der Waals surface area contributed by atoms with E-state index in [9.17, 15) is 9.59 Å². The van der Waals surface area contributed by atoms with Crippen molar-refractivity contribution < 1.29 is 19.8 Å².